The number of aliphatic imine (C=N–C) groups is 1. The molecule has 1 atom stereocenters. The van der Waals surface area contributed by atoms with Gasteiger partial charge in [0, 0.05) is 19.6 Å². The van der Waals surface area contributed by atoms with Crippen LogP contribution < -0.4 is 10.6 Å². The SMILES string of the molecule is CCN(CC)CCCC(C)NC(=NC)NCCc1ccc(C(F)(F)F)cc1. The van der Waals surface area contributed by atoms with Crippen molar-refractivity contribution < 1.29 is 13.2 Å². The topological polar surface area (TPSA) is 39.7 Å². The average molecular weight is 387 g/mol. The molecule has 0 saturated heterocycles. The van der Waals surface area contributed by atoms with E-state index in [0.29, 0.717) is 19.0 Å². The number of nitrogens with one attached hydrogen (secondary N) is 2. The quantitative estimate of drug-likeness (QED) is 0.473. The molecule has 0 radical (unpaired) electrons. The molecule has 4 nitrogen and oxygen atoms in total. The molecule has 0 bridgehead atoms. The van der Waals surface area contributed by atoms with Crippen molar-refractivity contribution in [1.29, 1.82) is 0 Å². The third kappa shape index (κ3) is 9.13. The second kappa shape index (κ2) is 11.8. The Hall–Kier alpha value is -1.76. The molecule has 0 amide bonds. The van der Waals surface area contributed by atoms with Crippen LogP contribution in [0.15, 0.2) is 29.3 Å². The highest BCUT2D eigenvalue weighted by Crippen LogP contribution is 2.29. The Labute approximate surface area is 161 Å². The summed E-state index contributed by atoms with van der Waals surface area (Å²) in [6, 6.07) is 5.60. The van der Waals surface area contributed by atoms with Crippen LogP contribution in [-0.4, -0.2) is 50.1 Å². The van der Waals surface area contributed by atoms with E-state index in [9.17, 15) is 13.2 Å². The second-order valence-corrected chi connectivity index (χ2v) is 6.66. The van der Waals surface area contributed by atoms with E-state index in [-0.39, 0.29) is 0 Å². The monoisotopic (exact) mass is 386 g/mol. The van der Waals surface area contributed by atoms with Crippen LogP contribution in [-0.2, 0) is 12.6 Å². The van der Waals surface area contributed by atoms with E-state index < -0.39 is 11.7 Å². The lowest BCUT2D eigenvalue weighted by Crippen LogP contribution is -2.43. The van der Waals surface area contributed by atoms with Gasteiger partial charge < -0.3 is 15.5 Å². The minimum absolute atomic E-state index is 0.304. The molecule has 0 fully saturated rings. The first kappa shape index (κ1) is 23.3. The molecule has 0 aliphatic heterocycles. The fourth-order valence-corrected chi connectivity index (χ4v) is 2.85. The molecular formula is C20H33F3N4. The zero-order chi connectivity index (χ0) is 20.3. The minimum Gasteiger partial charge on any atom is -0.356 e. The number of benzene rings is 1. The minimum atomic E-state index is -4.29. The van der Waals surface area contributed by atoms with Crippen LogP contribution in [0.2, 0.25) is 0 Å². The van der Waals surface area contributed by atoms with Crippen LogP contribution in [0, 0.1) is 0 Å². The largest absolute Gasteiger partial charge is 0.416 e. The lowest BCUT2D eigenvalue weighted by atomic mass is 10.1. The molecule has 27 heavy (non-hydrogen) atoms. The Balaban J connectivity index is 2.33. The summed E-state index contributed by atoms with van der Waals surface area (Å²) >= 11 is 0. The molecule has 1 unspecified atom stereocenters. The summed E-state index contributed by atoms with van der Waals surface area (Å²) in [4.78, 5) is 6.62. The van der Waals surface area contributed by atoms with Crippen LogP contribution in [0.1, 0.15) is 44.7 Å². The summed E-state index contributed by atoms with van der Waals surface area (Å²) in [5.74, 6) is 0.720. The molecule has 1 aromatic rings. The predicted octanol–water partition coefficient (Wildman–Crippen LogP) is 3.92. The molecule has 0 spiro atoms. The van der Waals surface area contributed by atoms with Crippen molar-refractivity contribution in [1.82, 2.24) is 15.5 Å². The van der Waals surface area contributed by atoms with Crippen LogP contribution >= 0.6 is 0 Å². The van der Waals surface area contributed by atoms with E-state index in [1.54, 1.807) is 7.05 Å². The highest BCUT2D eigenvalue weighted by Gasteiger charge is 2.29. The predicted molar refractivity (Wildman–Crippen MR) is 106 cm³/mol. The molecule has 2 N–H and O–H groups in total. The van der Waals surface area contributed by atoms with Gasteiger partial charge in [0.25, 0.3) is 0 Å². The number of guanidine groups is 1. The maximum absolute atomic E-state index is 12.6. The van der Waals surface area contributed by atoms with Crippen molar-refractivity contribution in [3.63, 3.8) is 0 Å². The zero-order valence-corrected chi connectivity index (χ0v) is 16.9. The molecule has 0 saturated carbocycles. The summed E-state index contributed by atoms with van der Waals surface area (Å²) in [5.41, 5.74) is 0.244. The van der Waals surface area contributed by atoms with Gasteiger partial charge in [-0.25, -0.2) is 0 Å². The standard InChI is InChI=1S/C20H33F3N4/c1-5-27(6-2)15-7-8-16(3)26-19(24-4)25-14-13-17-9-11-18(12-10-17)20(21,22)23/h9-12,16H,5-8,13-15H2,1-4H3,(H2,24,25,26). The Morgan fingerprint density at radius 3 is 2.30 bits per heavy atom. The van der Waals surface area contributed by atoms with E-state index in [1.165, 1.54) is 12.1 Å². The maximum atomic E-state index is 12.6. The van der Waals surface area contributed by atoms with Crippen molar-refractivity contribution >= 4 is 5.96 Å². The normalized spacial score (nSPS) is 13.7. The number of hydrogen-bond donors (Lipinski definition) is 2. The van der Waals surface area contributed by atoms with Crippen LogP contribution in [0.4, 0.5) is 13.2 Å². The Morgan fingerprint density at radius 2 is 1.78 bits per heavy atom. The van der Waals surface area contributed by atoms with E-state index in [1.807, 2.05) is 0 Å². The molecule has 154 valence electrons. The van der Waals surface area contributed by atoms with Gasteiger partial charge in [-0.1, -0.05) is 26.0 Å². The smallest absolute Gasteiger partial charge is 0.356 e. The lowest BCUT2D eigenvalue weighted by molar-refractivity contribution is -0.137. The van der Waals surface area contributed by atoms with Crippen molar-refractivity contribution in [3.8, 4) is 0 Å². The summed E-state index contributed by atoms with van der Waals surface area (Å²) in [7, 11) is 1.72. The van der Waals surface area contributed by atoms with Crippen molar-refractivity contribution in [2.24, 2.45) is 4.99 Å². The van der Waals surface area contributed by atoms with E-state index in [2.05, 4.69) is 41.3 Å². The van der Waals surface area contributed by atoms with Gasteiger partial charge in [-0.3, -0.25) is 4.99 Å². The highest BCUT2D eigenvalue weighted by atomic mass is 19.4. The zero-order valence-electron chi connectivity index (χ0n) is 16.9. The Bertz CT molecular complexity index is 551. The first-order valence-corrected chi connectivity index (χ1v) is 9.65. The fourth-order valence-electron chi connectivity index (χ4n) is 2.85. The third-order valence-corrected chi connectivity index (χ3v) is 4.60. The maximum Gasteiger partial charge on any atom is 0.416 e. The number of halogens is 3. The van der Waals surface area contributed by atoms with Crippen LogP contribution in [0.5, 0.6) is 0 Å². The van der Waals surface area contributed by atoms with Gasteiger partial charge in [-0.05, 0) is 63.5 Å². The fraction of sp³-hybridized carbons (Fsp3) is 0.650. The average Bonchev–Trinajstić information content (AvgIpc) is 2.64. The number of alkyl halides is 3. The molecule has 1 aromatic carbocycles. The lowest BCUT2D eigenvalue weighted by Gasteiger charge is -2.21. The summed E-state index contributed by atoms with van der Waals surface area (Å²) in [5, 5.41) is 6.58. The molecule has 0 aliphatic rings. The number of hydrogen-bond acceptors (Lipinski definition) is 2. The van der Waals surface area contributed by atoms with E-state index in [0.717, 1.165) is 56.1 Å². The summed E-state index contributed by atoms with van der Waals surface area (Å²) in [6.45, 7) is 10.3. The van der Waals surface area contributed by atoms with Crippen LogP contribution in [0.3, 0.4) is 0 Å². The summed E-state index contributed by atoms with van der Waals surface area (Å²) in [6.07, 6.45) is -1.48. The third-order valence-electron chi connectivity index (χ3n) is 4.60. The first-order valence-electron chi connectivity index (χ1n) is 9.65. The van der Waals surface area contributed by atoms with Gasteiger partial charge in [-0.2, -0.15) is 13.2 Å². The van der Waals surface area contributed by atoms with Gasteiger partial charge in [0.05, 0.1) is 5.56 Å². The number of nitrogens with zero attached hydrogens (tertiary/aromatic N) is 2. The summed E-state index contributed by atoms with van der Waals surface area (Å²) < 4.78 is 37.7. The first-order chi connectivity index (χ1) is 12.8. The molecule has 0 aromatic heterocycles. The molecule has 1 rings (SSSR count). The molecule has 7 heteroatoms. The Kier molecular flexibility index (Phi) is 10.2. The van der Waals surface area contributed by atoms with Crippen molar-refractivity contribution in [2.45, 2.75) is 52.3 Å². The van der Waals surface area contributed by atoms with E-state index >= 15 is 0 Å². The second-order valence-electron chi connectivity index (χ2n) is 6.66. The van der Waals surface area contributed by atoms with E-state index in [4.69, 9.17) is 0 Å². The molecular weight excluding hydrogens is 353 g/mol. The van der Waals surface area contributed by atoms with Crippen molar-refractivity contribution in [3.05, 3.63) is 35.4 Å². The van der Waals surface area contributed by atoms with Crippen LogP contribution in [0.25, 0.3) is 0 Å². The highest BCUT2D eigenvalue weighted by molar-refractivity contribution is 5.79. The van der Waals surface area contributed by atoms with Gasteiger partial charge in [0.2, 0.25) is 0 Å². The Morgan fingerprint density at radius 1 is 1.15 bits per heavy atom. The van der Waals surface area contributed by atoms with Crippen molar-refractivity contribution in [2.75, 3.05) is 33.2 Å². The number of rotatable bonds is 10. The van der Waals surface area contributed by atoms with Gasteiger partial charge >= 0.3 is 6.18 Å². The van der Waals surface area contributed by atoms with Gasteiger partial charge in [0.15, 0.2) is 5.96 Å². The van der Waals surface area contributed by atoms with Gasteiger partial charge in [-0.15, -0.1) is 0 Å². The molecule has 0 heterocycles. The molecule has 0 aliphatic carbocycles. The van der Waals surface area contributed by atoms with Gasteiger partial charge in [0.1, 0.15) is 0 Å².